The standard InChI is InChI=1S/C18H23Cl2N5O3/c1-3-28-17(26)15-11(2)22-18(27)23-14(15)10-24-4-6-25(7-5-24)16-13(20)8-12(19)9-21-16/h8-9,11H,3-7,10H2,1-2H3,(H2,22,23,27). The van der Waals surface area contributed by atoms with E-state index < -0.39 is 12.0 Å². The predicted molar refractivity (Wildman–Crippen MR) is 108 cm³/mol. The third kappa shape index (κ3) is 4.68. The lowest BCUT2D eigenvalue weighted by Gasteiger charge is -2.37. The van der Waals surface area contributed by atoms with Gasteiger partial charge in [-0.05, 0) is 19.9 Å². The largest absolute Gasteiger partial charge is 0.463 e. The number of hydrogen-bond acceptors (Lipinski definition) is 6. The maximum atomic E-state index is 12.3. The zero-order chi connectivity index (χ0) is 20.3. The Morgan fingerprint density at radius 1 is 1.32 bits per heavy atom. The molecule has 0 aromatic carbocycles. The smallest absolute Gasteiger partial charge is 0.337 e. The maximum absolute atomic E-state index is 12.3. The monoisotopic (exact) mass is 427 g/mol. The predicted octanol–water partition coefficient (Wildman–Crippen LogP) is 2.03. The molecule has 28 heavy (non-hydrogen) atoms. The van der Waals surface area contributed by atoms with Gasteiger partial charge in [-0.2, -0.15) is 0 Å². The number of pyridine rings is 1. The van der Waals surface area contributed by atoms with Crippen molar-refractivity contribution in [3.63, 3.8) is 0 Å². The first kappa shape index (κ1) is 20.7. The molecule has 2 N–H and O–H groups in total. The number of aromatic nitrogens is 1. The van der Waals surface area contributed by atoms with Crippen LogP contribution in [0.2, 0.25) is 10.0 Å². The highest BCUT2D eigenvalue weighted by Gasteiger charge is 2.31. The van der Waals surface area contributed by atoms with Gasteiger partial charge in [0.05, 0.1) is 28.3 Å². The van der Waals surface area contributed by atoms with E-state index in [2.05, 4.69) is 25.4 Å². The molecule has 3 heterocycles. The summed E-state index contributed by atoms with van der Waals surface area (Å²) < 4.78 is 5.16. The molecule has 1 aromatic rings. The molecule has 1 saturated heterocycles. The topological polar surface area (TPSA) is 86.8 Å². The van der Waals surface area contributed by atoms with Crippen LogP contribution >= 0.6 is 23.2 Å². The highest BCUT2D eigenvalue weighted by atomic mass is 35.5. The third-order valence-corrected chi connectivity index (χ3v) is 5.19. The summed E-state index contributed by atoms with van der Waals surface area (Å²) >= 11 is 12.2. The SMILES string of the molecule is CCOC(=O)C1=C(CN2CCN(c3ncc(Cl)cc3Cl)CC2)NC(=O)NC1C. The molecule has 0 saturated carbocycles. The Labute approximate surface area is 173 Å². The Morgan fingerprint density at radius 3 is 2.68 bits per heavy atom. The number of urea groups is 1. The molecule has 2 aliphatic heterocycles. The lowest BCUT2D eigenvalue weighted by atomic mass is 10.0. The number of nitrogens with one attached hydrogen (secondary N) is 2. The molecular formula is C18H23Cl2N5O3. The first-order valence-electron chi connectivity index (χ1n) is 9.15. The summed E-state index contributed by atoms with van der Waals surface area (Å²) in [6.07, 6.45) is 1.58. The third-order valence-electron chi connectivity index (χ3n) is 4.71. The van der Waals surface area contributed by atoms with Crippen LogP contribution < -0.4 is 15.5 Å². The van der Waals surface area contributed by atoms with Gasteiger partial charge in [-0.1, -0.05) is 23.2 Å². The summed E-state index contributed by atoms with van der Waals surface area (Å²) in [5.74, 6) is 0.300. The number of nitrogens with zero attached hydrogens (tertiary/aromatic N) is 3. The molecule has 0 bridgehead atoms. The van der Waals surface area contributed by atoms with E-state index in [0.29, 0.717) is 33.7 Å². The van der Waals surface area contributed by atoms with Gasteiger partial charge in [0.2, 0.25) is 0 Å². The minimum atomic E-state index is -0.409. The quantitative estimate of drug-likeness (QED) is 0.699. The van der Waals surface area contributed by atoms with Crippen molar-refractivity contribution in [2.24, 2.45) is 0 Å². The first-order chi connectivity index (χ1) is 13.4. The van der Waals surface area contributed by atoms with E-state index in [1.807, 2.05) is 0 Å². The van der Waals surface area contributed by atoms with Crippen molar-refractivity contribution in [1.29, 1.82) is 0 Å². The van der Waals surface area contributed by atoms with Crippen molar-refractivity contribution in [1.82, 2.24) is 20.5 Å². The maximum Gasteiger partial charge on any atom is 0.337 e. The average molecular weight is 428 g/mol. The zero-order valence-corrected chi connectivity index (χ0v) is 17.3. The number of rotatable bonds is 5. The van der Waals surface area contributed by atoms with Crippen LogP contribution in [0.3, 0.4) is 0 Å². The van der Waals surface area contributed by atoms with E-state index in [1.165, 1.54) is 0 Å². The van der Waals surface area contributed by atoms with Crippen molar-refractivity contribution in [3.05, 3.63) is 33.6 Å². The van der Waals surface area contributed by atoms with Crippen molar-refractivity contribution < 1.29 is 14.3 Å². The second kappa shape index (κ2) is 8.98. The summed E-state index contributed by atoms with van der Waals surface area (Å²) in [7, 11) is 0. The van der Waals surface area contributed by atoms with Crippen LogP contribution in [0, 0.1) is 0 Å². The van der Waals surface area contributed by atoms with Gasteiger partial charge in [0, 0.05) is 44.6 Å². The number of esters is 1. The molecule has 1 unspecified atom stereocenters. The molecule has 152 valence electrons. The van der Waals surface area contributed by atoms with Gasteiger partial charge in [0.25, 0.3) is 0 Å². The number of ether oxygens (including phenoxy) is 1. The van der Waals surface area contributed by atoms with Gasteiger partial charge in [0.1, 0.15) is 5.82 Å². The highest BCUT2D eigenvalue weighted by molar-refractivity contribution is 6.36. The summed E-state index contributed by atoms with van der Waals surface area (Å²) in [6, 6.07) is 0.965. The van der Waals surface area contributed by atoms with Gasteiger partial charge in [-0.15, -0.1) is 0 Å². The van der Waals surface area contributed by atoms with E-state index in [1.54, 1.807) is 26.1 Å². The first-order valence-corrected chi connectivity index (χ1v) is 9.90. The van der Waals surface area contributed by atoms with E-state index in [9.17, 15) is 9.59 Å². The number of carbonyl (C=O) groups is 2. The van der Waals surface area contributed by atoms with Crippen LogP contribution in [0.5, 0.6) is 0 Å². The molecule has 0 spiro atoms. The Hall–Kier alpha value is -2.03. The summed E-state index contributed by atoms with van der Waals surface area (Å²) in [4.78, 5) is 32.8. The minimum absolute atomic E-state index is 0.282. The average Bonchev–Trinajstić information content (AvgIpc) is 2.62. The second-order valence-electron chi connectivity index (χ2n) is 6.66. The van der Waals surface area contributed by atoms with Gasteiger partial charge >= 0.3 is 12.0 Å². The van der Waals surface area contributed by atoms with Crippen LogP contribution in [0.15, 0.2) is 23.5 Å². The lowest BCUT2D eigenvalue weighted by molar-refractivity contribution is -0.139. The number of amides is 2. The normalized spacial score (nSPS) is 20.6. The Kier molecular flexibility index (Phi) is 6.64. The summed E-state index contributed by atoms with van der Waals surface area (Å²) in [5, 5.41) is 6.50. The van der Waals surface area contributed by atoms with Crippen molar-refractivity contribution in [3.8, 4) is 0 Å². The van der Waals surface area contributed by atoms with Crippen LogP contribution in [0.4, 0.5) is 10.6 Å². The molecule has 0 radical (unpaired) electrons. The molecule has 8 nitrogen and oxygen atoms in total. The van der Waals surface area contributed by atoms with Crippen molar-refractivity contribution in [2.45, 2.75) is 19.9 Å². The number of halogens is 2. The molecule has 0 aliphatic carbocycles. The van der Waals surface area contributed by atoms with Crippen LogP contribution in [-0.2, 0) is 9.53 Å². The summed E-state index contributed by atoms with van der Waals surface area (Å²) in [6.45, 7) is 7.18. The second-order valence-corrected chi connectivity index (χ2v) is 7.50. The molecule has 3 rings (SSSR count). The molecule has 1 fully saturated rings. The van der Waals surface area contributed by atoms with E-state index >= 15 is 0 Å². The molecule has 10 heteroatoms. The van der Waals surface area contributed by atoms with Crippen LogP contribution in [-0.4, -0.2) is 67.3 Å². The fourth-order valence-electron chi connectivity index (χ4n) is 3.39. The number of carbonyl (C=O) groups excluding carboxylic acids is 2. The minimum Gasteiger partial charge on any atom is -0.463 e. The van der Waals surface area contributed by atoms with E-state index in [-0.39, 0.29) is 12.6 Å². The van der Waals surface area contributed by atoms with Gasteiger partial charge < -0.3 is 20.3 Å². The molecule has 1 atom stereocenters. The fraction of sp³-hybridized carbons (Fsp3) is 0.500. The van der Waals surface area contributed by atoms with Crippen molar-refractivity contribution >= 4 is 41.0 Å². The highest BCUT2D eigenvalue weighted by Crippen LogP contribution is 2.27. The Balaban J connectivity index is 1.68. The zero-order valence-electron chi connectivity index (χ0n) is 15.8. The number of piperazine rings is 1. The molecule has 2 amide bonds. The molecular weight excluding hydrogens is 405 g/mol. The number of anilines is 1. The van der Waals surface area contributed by atoms with Gasteiger partial charge in [-0.25, -0.2) is 14.6 Å². The fourth-order valence-corrected chi connectivity index (χ4v) is 3.89. The van der Waals surface area contributed by atoms with Gasteiger partial charge in [-0.3, -0.25) is 4.90 Å². The Morgan fingerprint density at radius 2 is 2.04 bits per heavy atom. The number of hydrogen-bond donors (Lipinski definition) is 2. The van der Waals surface area contributed by atoms with Crippen LogP contribution in [0.1, 0.15) is 13.8 Å². The molecule has 1 aromatic heterocycles. The summed E-state index contributed by atoms with van der Waals surface area (Å²) in [5.41, 5.74) is 1.05. The molecule has 2 aliphatic rings. The van der Waals surface area contributed by atoms with Crippen molar-refractivity contribution in [2.75, 3.05) is 44.2 Å². The van der Waals surface area contributed by atoms with E-state index in [0.717, 1.165) is 26.2 Å². The van der Waals surface area contributed by atoms with Gasteiger partial charge in [0.15, 0.2) is 0 Å². The Bertz CT molecular complexity index is 793. The lowest BCUT2D eigenvalue weighted by Crippen LogP contribution is -2.53. The van der Waals surface area contributed by atoms with E-state index in [4.69, 9.17) is 27.9 Å². The van der Waals surface area contributed by atoms with Crippen LogP contribution in [0.25, 0.3) is 0 Å².